The van der Waals surface area contributed by atoms with Gasteiger partial charge >= 0.3 is 0 Å². The van der Waals surface area contributed by atoms with Crippen molar-refractivity contribution in [3.05, 3.63) is 85.5 Å². The minimum absolute atomic E-state index is 0.00272. The van der Waals surface area contributed by atoms with E-state index in [4.69, 9.17) is 0 Å². The summed E-state index contributed by atoms with van der Waals surface area (Å²) in [5, 5.41) is 33.9. The molecule has 2 aromatic rings. The summed E-state index contributed by atoms with van der Waals surface area (Å²) in [6, 6.07) is 9.65. The van der Waals surface area contributed by atoms with Gasteiger partial charge in [-0.25, -0.2) is 0 Å². The van der Waals surface area contributed by atoms with Gasteiger partial charge in [-0.15, -0.1) is 0 Å². The van der Waals surface area contributed by atoms with E-state index in [1.807, 2.05) is 0 Å². The minimum atomic E-state index is -1.08. The van der Waals surface area contributed by atoms with Gasteiger partial charge < -0.3 is 14.9 Å². The third kappa shape index (κ3) is 7.05. The van der Waals surface area contributed by atoms with Crippen molar-refractivity contribution in [3.8, 4) is 0 Å². The lowest BCUT2D eigenvalue weighted by Crippen LogP contribution is -2.34. The van der Waals surface area contributed by atoms with Crippen LogP contribution in [-0.4, -0.2) is 62.6 Å². The van der Waals surface area contributed by atoms with E-state index in [9.17, 15) is 34.9 Å². The summed E-state index contributed by atoms with van der Waals surface area (Å²) >= 11 is 0. The van der Waals surface area contributed by atoms with Crippen molar-refractivity contribution in [2.75, 3.05) is 26.2 Å². The van der Waals surface area contributed by atoms with Gasteiger partial charge in [-0.3, -0.25) is 29.8 Å². The molecule has 0 spiro atoms. The number of aliphatic hydroxyl groups excluding tert-OH is 1. The minimum Gasteiger partial charge on any atom is -0.507 e. The molecule has 1 heterocycles. The van der Waals surface area contributed by atoms with Crippen molar-refractivity contribution >= 4 is 28.8 Å². The molecule has 0 radical (unpaired) electrons. The monoisotopic (exact) mass is 538 g/mol. The van der Waals surface area contributed by atoms with Crippen LogP contribution < -0.4 is 0 Å². The number of amides is 1. The smallest absolute Gasteiger partial charge is 0.295 e. The summed E-state index contributed by atoms with van der Waals surface area (Å²) in [6.07, 6.45) is 4.77. The van der Waals surface area contributed by atoms with Crippen LogP contribution in [0.25, 0.3) is 5.76 Å². The largest absolute Gasteiger partial charge is 0.507 e. The number of likely N-dealkylation sites (tertiary alicyclic amines) is 1. The number of unbranched alkanes of at least 4 members (excludes halogenated alkanes) is 2. The fourth-order valence-corrected chi connectivity index (χ4v) is 4.75. The first-order valence-corrected chi connectivity index (χ1v) is 13.2. The summed E-state index contributed by atoms with van der Waals surface area (Å²) < 4.78 is 0. The standard InChI is InChI=1S/C28H34N4O7/c1-3-5-14-29(15-6-4-2)16-9-17-30-25(20-10-7-12-22(18-20)31(36)37)24(27(34)28(30)35)26(33)21-11-8-13-23(19-21)32(38)39/h7-8,10-13,18-19,25,33H,3-6,9,14-17H2,1-2H3/t25-/m0/s1. The second-order valence-electron chi connectivity index (χ2n) is 9.55. The topological polar surface area (TPSA) is 147 Å². The number of rotatable bonds is 14. The second kappa shape index (κ2) is 13.6. The molecule has 1 aliphatic heterocycles. The highest BCUT2D eigenvalue weighted by Crippen LogP contribution is 2.40. The maximum absolute atomic E-state index is 13.2. The number of ketones is 1. The maximum Gasteiger partial charge on any atom is 0.295 e. The Labute approximate surface area is 227 Å². The number of non-ortho nitro benzene ring substituents is 2. The van der Waals surface area contributed by atoms with Crippen LogP contribution in [-0.2, 0) is 9.59 Å². The quantitative estimate of drug-likeness (QED) is 0.113. The Morgan fingerprint density at radius 2 is 1.46 bits per heavy atom. The Morgan fingerprint density at radius 1 is 0.897 bits per heavy atom. The van der Waals surface area contributed by atoms with Crippen LogP contribution in [0.15, 0.2) is 54.1 Å². The first-order valence-electron chi connectivity index (χ1n) is 13.2. The van der Waals surface area contributed by atoms with Crippen LogP contribution in [0, 0.1) is 20.2 Å². The van der Waals surface area contributed by atoms with E-state index in [-0.39, 0.29) is 29.1 Å². The molecule has 208 valence electrons. The maximum atomic E-state index is 13.2. The average molecular weight is 539 g/mol. The molecule has 0 aliphatic carbocycles. The van der Waals surface area contributed by atoms with Crippen LogP contribution in [0.4, 0.5) is 11.4 Å². The molecule has 1 fully saturated rings. The van der Waals surface area contributed by atoms with Gasteiger partial charge in [-0.2, -0.15) is 0 Å². The zero-order valence-corrected chi connectivity index (χ0v) is 22.2. The molecule has 0 saturated carbocycles. The van der Waals surface area contributed by atoms with E-state index >= 15 is 0 Å². The van der Waals surface area contributed by atoms with Gasteiger partial charge in [0, 0.05) is 36.4 Å². The molecule has 1 saturated heterocycles. The summed E-state index contributed by atoms with van der Waals surface area (Å²) in [5.41, 5.74) is -0.472. The Balaban J connectivity index is 2.01. The van der Waals surface area contributed by atoms with Crippen molar-refractivity contribution in [1.29, 1.82) is 0 Å². The SMILES string of the molecule is CCCCN(CCCC)CCCN1C(=O)C(=O)C(=C(O)c2cccc([N+](=O)[O-])c2)[C@@H]1c1cccc([N+](=O)[O-])c1. The average Bonchev–Trinajstić information content (AvgIpc) is 3.18. The number of aliphatic hydroxyl groups is 1. The number of benzene rings is 2. The number of nitro benzene ring substituents is 2. The molecule has 0 bridgehead atoms. The molecule has 1 atom stereocenters. The van der Waals surface area contributed by atoms with Crippen LogP contribution in [0.5, 0.6) is 0 Å². The summed E-state index contributed by atoms with van der Waals surface area (Å²) in [7, 11) is 0. The zero-order chi connectivity index (χ0) is 28.5. The van der Waals surface area contributed by atoms with Gasteiger partial charge in [0.25, 0.3) is 23.1 Å². The number of nitro groups is 2. The predicted octanol–water partition coefficient (Wildman–Crippen LogP) is 5.22. The van der Waals surface area contributed by atoms with E-state index < -0.39 is 33.3 Å². The predicted molar refractivity (Wildman–Crippen MR) is 146 cm³/mol. The van der Waals surface area contributed by atoms with Crippen molar-refractivity contribution in [1.82, 2.24) is 9.80 Å². The molecular weight excluding hydrogens is 504 g/mol. The summed E-state index contributed by atoms with van der Waals surface area (Å²) in [6.45, 7) is 7.00. The van der Waals surface area contributed by atoms with Gasteiger partial charge in [0.15, 0.2) is 0 Å². The number of carbonyl (C=O) groups is 2. The van der Waals surface area contributed by atoms with Gasteiger partial charge in [0.1, 0.15) is 5.76 Å². The number of hydrogen-bond acceptors (Lipinski definition) is 8. The fourth-order valence-electron chi connectivity index (χ4n) is 4.75. The lowest BCUT2D eigenvalue weighted by Gasteiger charge is -2.27. The molecule has 11 nitrogen and oxygen atoms in total. The fraction of sp³-hybridized carbons (Fsp3) is 0.429. The van der Waals surface area contributed by atoms with E-state index in [0.717, 1.165) is 44.8 Å². The molecule has 1 amide bonds. The highest BCUT2D eigenvalue weighted by molar-refractivity contribution is 6.46. The van der Waals surface area contributed by atoms with Gasteiger partial charge in [-0.1, -0.05) is 51.0 Å². The molecule has 0 unspecified atom stereocenters. The molecule has 1 aliphatic rings. The molecule has 1 N–H and O–H groups in total. The molecule has 2 aromatic carbocycles. The van der Waals surface area contributed by atoms with Crippen LogP contribution in [0.2, 0.25) is 0 Å². The lowest BCUT2D eigenvalue weighted by molar-refractivity contribution is -0.385. The molecule has 39 heavy (non-hydrogen) atoms. The Bertz CT molecular complexity index is 1250. The highest BCUT2D eigenvalue weighted by atomic mass is 16.6. The van der Waals surface area contributed by atoms with Crippen molar-refractivity contribution in [3.63, 3.8) is 0 Å². The number of hydrogen-bond donors (Lipinski definition) is 1. The second-order valence-corrected chi connectivity index (χ2v) is 9.55. The van der Waals surface area contributed by atoms with E-state index in [2.05, 4.69) is 18.7 Å². The van der Waals surface area contributed by atoms with Crippen molar-refractivity contribution < 1.29 is 24.5 Å². The highest BCUT2D eigenvalue weighted by Gasteiger charge is 2.46. The van der Waals surface area contributed by atoms with Gasteiger partial charge in [0.2, 0.25) is 0 Å². The van der Waals surface area contributed by atoms with Crippen LogP contribution >= 0.6 is 0 Å². The van der Waals surface area contributed by atoms with E-state index in [1.54, 1.807) is 6.07 Å². The van der Waals surface area contributed by atoms with Crippen molar-refractivity contribution in [2.24, 2.45) is 0 Å². The summed E-state index contributed by atoms with van der Waals surface area (Å²) in [5.74, 6) is -2.33. The zero-order valence-electron chi connectivity index (χ0n) is 22.2. The Hall–Kier alpha value is -4.12. The normalized spacial score (nSPS) is 16.7. The Morgan fingerprint density at radius 3 is 2.05 bits per heavy atom. The van der Waals surface area contributed by atoms with Crippen LogP contribution in [0.3, 0.4) is 0 Å². The molecular formula is C28H34N4O7. The van der Waals surface area contributed by atoms with E-state index in [0.29, 0.717) is 18.5 Å². The first-order chi connectivity index (χ1) is 18.7. The van der Waals surface area contributed by atoms with Gasteiger partial charge in [-0.05, 0) is 44.5 Å². The molecule has 3 rings (SSSR count). The molecule has 0 aromatic heterocycles. The third-order valence-corrected chi connectivity index (χ3v) is 6.80. The van der Waals surface area contributed by atoms with Gasteiger partial charge in [0.05, 0.1) is 21.5 Å². The van der Waals surface area contributed by atoms with Crippen LogP contribution in [0.1, 0.15) is 63.1 Å². The van der Waals surface area contributed by atoms with Crippen molar-refractivity contribution in [2.45, 2.75) is 52.0 Å². The summed E-state index contributed by atoms with van der Waals surface area (Å²) in [4.78, 5) is 51.7. The van der Waals surface area contributed by atoms with E-state index in [1.165, 1.54) is 41.3 Å². The third-order valence-electron chi connectivity index (χ3n) is 6.80. The molecule has 11 heteroatoms. The first kappa shape index (κ1) is 29.4. The lowest BCUT2D eigenvalue weighted by atomic mass is 9.95. The number of carbonyl (C=O) groups excluding carboxylic acids is 2. The Kier molecular flexibility index (Phi) is 10.3. The number of Topliss-reactive ketones (excluding diaryl/α,β-unsaturated/α-hetero) is 1. The number of nitrogens with zero attached hydrogens (tertiary/aromatic N) is 4.